The Balaban J connectivity index is 1.65. The first kappa shape index (κ1) is 21.5. The number of halogens is 1. The molecule has 33 heavy (non-hydrogen) atoms. The van der Waals surface area contributed by atoms with Crippen LogP contribution in [0.3, 0.4) is 0 Å². The number of aromatic amines is 1. The van der Waals surface area contributed by atoms with Crippen LogP contribution in [0, 0.1) is 12.7 Å². The van der Waals surface area contributed by atoms with Gasteiger partial charge < -0.3 is 10.2 Å². The molecule has 1 aromatic carbocycles. The van der Waals surface area contributed by atoms with E-state index in [0.29, 0.717) is 23.2 Å². The largest absolute Gasteiger partial charge is 0.327 e. The lowest BCUT2D eigenvalue weighted by atomic mass is 9.99. The Morgan fingerprint density at radius 1 is 1.24 bits per heavy atom. The SMILES string of the molecule is CSc1ccc(N(C)c2cc(-c3cnn(C)c3)c(C3CC3)c(Nc3cc(C)[nH]n3)n2)c(F)c1. The van der Waals surface area contributed by atoms with Gasteiger partial charge in [-0.3, -0.25) is 9.78 Å². The molecule has 3 heterocycles. The van der Waals surface area contributed by atoms with Gasteiger partial charge in [-0.15, -0.1) is 11.8 Å². The predicted octanol–water partition coefficient (Wildman–Crippen LogP) is 5.76. The minimum Gasteiger partial charge on any atom is -0.327 e. The van der Waals surface area contributed by atoms with Crippen molar-refractivity contribution in [2.24, 2.45) is 7.05 Å². The number of nitrogens with one attached hydrogen (secondary N) is 2. The molecule has 0 radical (unpaired) electrons. The minimum atomic E-state index is -0.280. The van der Waals surface area contributed by atoms with Crippen molar-refractivity contribution in [1.82, 2.24) is 25.0 Å². The van der Waals surface area contributed by atoms with Crippen LogP contribution < -0.4 is 10.2 Å². The van der Waals surface area contributed by atoms with Gasteiger partial charge in [-0.2, -0.15) is 10.2 Å². The van der Waals surface area contributed by atoms with E-state index in [4.69, 9.17) is 4.98 Å². The van der Waals surface area contributed by atoms with Crippen molar-refractivity contribution in [2.45, 2.75) is 30.6 Å². The smallest absolute Gasteiger partial charge is 0.153 e. The topological polar surface area (TPSA) is 74.7 Å². The maximum atomic E-state index is 14.9. The number of benzene rings is 1. The Kier molecular flexibility index (Phi) is 5.57. The first-order chi connectivity index (χ1) is 15.9. The normalized spacial score (nSPS) is 13.4. The maximum absolute atomic E-state index is 14.9. The van der Waals surface area contributed by atoms with Crippen LogP contribution >= 0.6 is 11.8 Å². The van der Waals surface area contributed by atoms with Crippen LogP contribution in [-0.2, 0) is 7.05 Å². The van der Waals surface area contributed by atoms with Crippen LogP contribution in [0.1, 0.15) is 30.0 Å². The summed E-state index contributed by atoms with van der Waals surface area (Å²) in [6, 6.07) is 9.26. The standard InChI is InChI=1S/C24H26FN7S/c1-14-9-21(30-29-14)27-24-23(15-5-6-15)18(16-12-26-31(2)13-16)11-22(28-24)32(3)20-8-7-17(33-4)10-19(20)25/h7-13,15H,5-6H2,1-4H3,(H2,27,28,29,30). The summed E-state index contributed by atoms with van der Waals surface area (Å²) in [5.74, 6) is 2.23. The molecule has 170 valence electrons. The van der Waals surface area contributed by atoms with Gasteiger partial charge in [0.2, 0.25) is 0 Å². The molecule has 4 aromatic rings. The zero-order valence-electron chi connectivity index (χ0n) is 19.1. The van der Waals surface area contributed by atoms with Crippen molar-refractivity contribution in [3.8, 4) is 11.1 Å². The van der Waals surface area contributed by atoms with Crippen molar-refractivity contribution >= 4 is 34.9 Å². The third kappa shape index (κ3) is 4.32. The molecule has 1 aliphatic rings. The Hall–Kier alpha value is -3.33. The summed E-state index contributed by atoms with van der Waals surface area (Å²) in [5.41, 5.74) is 4.65. The fraction of sp³-hybridized carbons (Fsp3) is 0.292. The number of pyridine rings is 1. The van der Waals surface area contributed by atoms with E-state index in [1.54, 1.807) is 21.7 Å². The van der Waals surface area contributed by atoms with Gasteiger partial charge >= 0.3 is 0 Å². The fourth-order valence-corrected chi connectivity index (χ4v) is 4.43. The van der Waals surface area contributed by atoms with Gasteiger partial charge in [0.1, 0.15) is 17.5 Å². The number of aryl methyl sites for hydroxylation is 2. The number of aromatic nitrogens is 5. The van der Waals surface area contributed by atoms with Gasteiger partial charge in [0.25, 0.3) is 0 Å². The van der Waals surface area contributed by atoms with Gasteiger partial charge in [0, 0.05) is 48.1 Å². The summed E-state index contributed by atoms with van der Waals surface area (Å²) in [5, 5.41) is 15.1. The van der Waals surface area contributed by atoms with Gasteiger partial charge in [0.05, 0.1) is 11.9 Å². The molecule has 0 aliphatic heterocycles. The van der Waals surface area contributed by atoms with Crippen LogP contribution in [0.2, 0.25) is 0 Å². The van der Waals surface area contributed by atoms with Crippen molar-refractivity contribution in [2.75, 3.05) is 23.5 Å². The molecule has 2 N–H and O–H groups in total. The summed E-state index contributed by atoms with van der Waals surface area (Å²) < 4.78 is 16.7. The quantitative estimate of drug-likeness (QED) is 0.339. The molecule has 5 rings (SSSR count). The van der Waals surface area contributed by atoms with Crippen molar-refractivity contribution < 1.29 is 4.39 Å². The third-order valence-electron chi connectivity index (χ3n) is 5.86. The summed E-state index contributed by atoms with van der Waals surface area (Å²) in [4.78, 5) is 7.63. The van der Waals surface area contributed by atoms with Crippen LogP contribution in [-0.4, -0.2) is 38.3 Å². The number of hydrogen-bond donors (Lipinski definition) is 2. The molecule has 1 saturated carbocycles. The summed E-state index contributed by atoms with van der Waals surface area (Å²) in [6.45, 7) is 1.96. The molecule has 0 saturated heterocycles. The molecule has 9 heteroatoms. The molecule has 0 spiro atoms. The van der Waals surface area contributed by atoms with Gasteiger partial charge in [-0.25, -0.2) is 9.37 Å². The molecule has 0 atom stereocenters. The van der Waals surface area contributed by atoms with Crippen molar-refractivity contribution in [3.63, 3.8) is 0 Å². The van der Waals surface area contributed by atoms with Gasteiger partial charge in [-0.1, -0.05) is 0 Å². The molecule has 0 bridgehead atoms. The Labute approximate surface area is 196 Å². The van der Waals surface area contributed by atoms with Crippen LogP contribution in [0.5, 0.6) is 0 Å². The van der Waals surface area contributed by atoms with Crippen molar-refractivity contribution in [1.29, 1.82) is 0 Å². The second-order valence-corrected chi connectivity index (χ2v) is 9.28. The molecular weight excluding hydrogens is 437 g/mol. The molecular formula is C24H26FN7S. The highest BCUT2D eigenvalue weighted by atomic mass is 32.2. The van der Waals surface area contributed by atoms with Crippen LogP contribution in [0.15, 0.2) is 47.6 Å². The van der Waals surface area contributed by atoms with Crippen LogP contribution in [0.25, 0.3) is 11.1 Å². The molecule has 0 unspecified atom stereocenters. The highest BCUT2D eigenvalue weighted by molar-refractivity contribution is 7.98. The van der Waals surface area contributed by atoms with E-state index >= 15 is 0 Å². The fourth-order valence-electron chi connectivity index (χ4n) is 4.01. The van der Waals surface area contributed by atoms with Crippen molar-refractivity contribution in [3.05, 3.63) is 59.8 Å². The number of H-pyrrole nitrogens is 1. The number of nitrogens with zero attached hydrogens (tertiary/aromatic N) is 5. The highest BCUT2D eigenvalue weighted by Crippen LogP contribution is 2.49. The molecule has 1 fully saturated rings. The summed E-state index contributed by atoms with van der Waals surface area (Å²) >= 11 is 1.52. The molecule has 1 aliphatic carbocycles. The monoisotopic (exact) mass is 463 g/mol. The zero-order valence-corrected chi connectivity index (χ0v) is 19.9. The Bertz CT molecular complexity index is 1310. The lowest BCUT2D eigenvalue weighted by Gasteiger charge is -2.23. The van der Waals surface area contributed by atoms with E-state index in [1.165, 1.54) is 11.8 Å². The van der Waals surface area contributed by atoms with E-state index in [1.807, 2.05) is 57.9 Å². The van der Waals surface area contributed by atoms with Gasteiger partial charge in [-0.05, 0) is 61.8 Å². The van der Waals surface area contributed by atoms with Gasteiger partial charge in [0.15, 0.2) is 5.82 Å². The summed E-state index contributed by atoms with van der Waals surface area (Å²) in [6.07, 6.45) is 8.03. The predicted molar refractivity (Wildman–Crippen MR) is 131 cm³/mol. The second-order valence-electron chi connectivity index (χ2n) is 8.40. The maximum Gasteiger partial charge on any atom is 0.153 e. The Morgan fingerprint density at radius 3 is 2.67 bits per heavy atom. The highest BCUT2D eigenvalue weighted by Gasteiger charge is 2.32. The third-order valence-corrected chi connectivity index (χ3v) is 6.58. The molecule has 7 nitrogen and oxygen atoms in total. The van der Waals surface area contributed by atoms with E-state index in [0.717, 1.165) is 45.9 Å². The van der Waals surface area contributed by atoms with E-state index in [2.05, 4.69) is 20.6 Å². The number of thioether (sulfide) groups is 1. The molecule has 0 amide bonds. The Morgan fingerprint density at radius 2 is 2.06 bits per heavy atom. The average Bonchev–Trinajstić information content (AvgIpc) is 3.42. The van der Waals surface area contributed by atoms with E-state index in [-0.39, 0.29) is 5.82 Å². The second kappa shape index (κ2) is 8.55. The lowest BCUT2D eigenvalue weighted by Crippen LogP contribution is -2.15. The number of anilines is 4. The first-order valence-electron chi connectivity index (χ1n) is 10.8. The number of rotatable bonds is 7. The lowest BCUT2D eigenvalue weighted by molar-refractivity contribution is 0.624. The summed E-state index contributed by atoms with van der Waals surface area (Å²) in [7, 11) is 3.74. The zero-order chi connectivity index (χ0) is 23.1. The van der Waals surface area contributed by atoms with E-state index in [9.17, 15) is 4.39 Å². The minimum absolute atomic E-state index is 0.280. The number of hydrogen-bond acceptors (Lipinski definition) is 6. The average molecular weight is 464 g/mol. The molecule has 3 aromatic heterocycles. The van der Waals surface area contributed by atoms with Crippen LogP contribution in [0.4, 0.5) is 27.5 Å². The van der Waals surface area contributed by atoms with E-state index < -0.39 is 0 Å². The first-order valence-corrected chi connectivity index (χ1v) is 12.1.